The zero-order valence-corrected chi connectivity index (χ0v) is 13.5. The monoisotopic (exact) mass is 312 g/mol. The molecule has 1 heterocycles. The molecule has 2 rings (SSSR count). The predicted octanol–water partition coefficient (Wildman–Crippen LogP) is 1.35. The lowest BCUT2D eigenvalue weighted by molar-refractivity contribution is -0.00282. The average Bonchev–Trinajstić information content (AvgIpc) is 2.49. The summed E-state index contributed by atoms with van der Waals surface area (Å²) in [6.45, 7) is 4.21. The Balaban J connectivity index is 2.02. The quantitative estimate of drug-likeness (QED) is 0.861. The zero-order chi connectivity index (χ0) is 15.3. The van der Waals surface area contributed by atoms with Crippen molar-refractivity contribution in [3.8, 4) is 0 Å². The van der Waals surface area contributed by atoms with E-state index in [-0.39, 0.29) is 11.9 Å². The average molecular weight is 312 g/mol. The van der Waals surface area contributed by atoms with Crippen molar-refractivity contribution < 1.29 is 13.2 Å². The second-order valence-corrected chi connectivity index (χ2v) is 7.33. The van der Waals surface area contributed by atoms with Crippen LogP contribution in [-0.4, -0.2) is 45.6 Å². The molecule has 5 nitrogen and oxygen atoms in total. The molecule has 1 atom stereocenters. The van der Waals surface area contributed by atoms with E-state index in [0.29, 0.717) is 19.7 Å². The highest BCUT2D eigenvalue weighted by Crippen LogP contribution is 2.17. The second kappa shape index (κ2) is 7.35. The van der Waals surface area contributed by atoms with Crippen LogP contribution in [0.25, 0.3) is 0 Å². The van der Waals surface area contributed by atoms with Gasteiger partial charge >= 0.3 is 0 Å². The van der Waals surface area contributed by atoms with Crippen molar-refractivity contribution in [3.63, 3.8) is 0 Å². The maximum Gasteiger partial charge on any atom is 0.218 e. The van der Waals surface area contributed by atoms with E-state index in [1.807, 2.05) is 38.2 Å². The summed E-state index contributed by atoms with van der Waals surface area (Å²) in [5, 5.41) is 3.07. The molecule has 1 aliphatic heterocycles. The maximum atomic E-state index is 12.5. The molecule has 0 radical (unpaired) electrons. The third kappa shape index (κ3) is 4.51. The third-order valence-electron chi connectivity index (χ3n) is 3.70. The zero-order valence-electron chi connectivity index (χ0n) is 12.7. The van der Waals surface area contributed by atoms with E-state index in [1.165, 1.54) is 0 Å². The predicted molar refractivity (Wildman–Crippen MR) is 83.4 cm³/mol. The molecule has 21 heavy (non-hydrogen) atoms. The number of ether oxygens (including phenoxy) is 1. The van der Waals surface area contributed by atoms with E-state index < -0.39 is 10.0 Å². The Morgan fingerprint density at radius 3 is 2.57 bits per heavy atom. The van der Waals surface area contributed by atoms with E-state index in [1.54, 1.807) is 4.31 Å². The number of morpholine rings is 1. The molecule has 1 aromatic rings. The molecule has 1 aliphatic rings. The first kappa shape index (κ1) is 16.4. The Morgan fingerprint density at radius 2 is 1.95 bits per heavy atom. The molecule has 118 valence electrons. The number of hydrogen-bond donors (Lipinski definition) is 1. The molecule has 1 N–H and O–H groups in total. The van der Waals surface area contributed by atoms with Crippen molar-refractivity contribution in [3.05, 3.63) is 35.4 Å². The largest absolute Gasteiger partial charge is 0.375 e. The van der Waals surface area contributed by atoms with E-state index >= 15 is 0 Å². The fourth-order valence-electron chi connectivity index (χ4n) is 2.45. The number of nitrogens with zero attached hydrogens (tertiary/aromatic N) is 1. The van der Waals surface area contributed by atoms with Crippen LogP contribution in [0.4, 0.5) is 0 Å². The maximum absolute atomic E-state index is 12.5. The lowest BCUT2D eigenvalue weighted by Gasteiger charge is -2.31. The van der Waals surface area contributed by atoms with Crippen LogP contribution in [0.1, 0.15) is 24.5 Å². The summed E-state index contributed by atoms with van der Waals surface area (Å²) < 4.78 is 32.1. The van der Waals surface area contributed by atoms with Gasteiger partial charge in [0.1, 0.15) is 0 Å². The van der Waals surface area contributed by atoms with Gasteiger partial charge in [0.25, 0.3) is 0 Å². The minimum absolute atomic E-state index is 0.0199. The molecule has 0 aromatic heterocycles. The van der Waals surface area contributed by atoms with E-state index in [9.17, 15) is 8.42 Å². The second-order valence-electron chi connectivity index (χ2n) is 5.36. The summed E-state index contributed by atoms with van der Waals surface area (Å²) in [5.41, 5.74) is 1.98. The lowest BCUT2D eigenvalue weighted by atomic mass is 10.1. The Bertz CT molecular complexity index is 543. The van der Waals surface area contributed by atoms with Gasteiger partial charge < -0.3 is 10.1 Å². The molecule has 0 bridgehead atoms. The van der Waals surface area contributed by atoms with Gasteiger partial charge in [0, 0.05) is 19.6 Å². The normalized spacial score (nSPS) is 20.6. The summed E-state index contributed by atoms with van der Waals surface area (Å²) in [6.07, 6.45) is 0.858. The van der Waals surface area contributed by atoms with Crippen LogP contribution in [0.5, 0.6) is 0 Å². The van der Waals surface area contributed by atoms with Crippen molar-refractivity contribution in [2.24, 2.45) is 0 Å². The smallest absolute Gasteiger partial charge is 0.218 e. The first-order valence-corrected chi connectivity index (χ1v) is 8.98. The van der Waals surface area contributed by atoms with Crippen molar-refractivity contribution in [2.75, 3.05) is 26.7 Å². The molecule has 1 aromatic carbocycles. The SMILES string of the molecule is CCC1CN(S(=O)(=O)Cc2ccc(CNC)cc2)CCO1. The molecule has 1 unspecified atom stereocenters. The summed E-state index contributed by atoms with van der Waals surface area (Å²) in [6, 6.07) is 7.72. The highest BCUT2D eigenvalue weighted by Gasteiger charge is 2.28. The molecule has 0 aliphatic carbocycles. The lowest BCUT2D eigenvalue weighted by Crippen LogP contribution is -2.45. The van der Waals surface area contributed by atoms with Crippen LogP contribution < -0.4 is 5.32 Å². The number of sulfonamides is 1. The Kier molecular flexibility index (Phi) is 5.75. The van der Waals surface area contributed by atoms with Crippen LogP contribution in [0.15, 0.2) is 24.3 Å². The molecule has 1 fully saturated rings. The molecule has 0 amide bonds. The first-order chi connectivity index (χ1) is 10.0. The third-order valence-corrected chi connectivity index (χ3v) is 5.52. The summed E-state index contributed by atoms with van der Waals surface area (Å²) in [7, 11) is -1.38. The van der Waals surface area contributed by atoms with Gasteiger partial charge in [-0.2, -0.15) is 4.31 Å². The summed E-state index contributed by atoms with van der Waals surface area (Å²) in [4.78, 5) is 0. The van der Waals surface area contributed by atoms with E-state index in [0.717, 1.165) is 24.1 Å². The highest BCUT2D eigenvalue weighted by molar-refractivity contribution is 7.88. The van der Waals surface area contributed by atoms with Crippen molar-refractivity contribution >= 4 is 10.0 Å². The van der Waals surface area contributed by atoms with Crippen LogP contribution in [0.3, 0.4) is 0 Å². The Hall–Kier alpha value is -0.950. The highest BCUT2D eigenvalue weighted by atomic mass is 32.2. The minimum Gasteiger partial charge on any atom is -0.375 e. The summed E-state index contributed by atoms with van der Waals surface area (Å²) >= 11 is 0. The molecular formula is C15H24N2O3S. The van der Waals surface area contributed by atoms with Gasteiger partial charge in [-0.15, -0.1) is 0 Å². The van der Waals surface area contributed by atoms with E-state index in [4.69, 9.17) is 4.74 Å². The molecule has 0 spiro atoms. The van der Waals surface area contributed by atoms with Gasteiger partial charge in [-0.25, -0.2) is 8.42 Å². The standard InChI is InChI=1S/C15H24N2O3S/c1-3-15-11-17(8-9-20-15)21(18,19)12-14-6-4-13(5-7-14)10-16-2/h4-7,15-16H,3,8-12H2,1-2H3. The van der Waals surface area contributed by atoms with Crippen LogP contribution >= 0.6 is 0 Å². The summed E-state index contributed by atoms with van der Waals surface area (Å²) in [5.74, 6) is 0.0588. The van der Waals surface area contributed by atoms with E-state index in [2.05, 4.69) is 5.32 Å². The van der Waals surface area contributed by atoms with Crippen LogP contribution in [0, 0.1) is 0 Å². The topological polar surface area (TPSA) is 58.6 Å². The molecular weight excluding hydrogens is 288 g/mol. The number of rotatable bonds is 6. The van der Waals surface area contributed by atoms with Crippen molar-refractivity contribution in [1.82, 2.24) is 9.62 Å². The van der Waals surface area contributed by atoms with Crippen molar-refractivity contribution in [1.29, 1.82) is 0 Å². The van der Waals surface area contributed by atoms with Gasteiger partial charge in [0.15, 0.2) is 0 Å². The van der Waals surface area contributed by atoms with Crippen LogP contribution in [-0.2, 0) is 27.1 Å². The van der Waals surface area contributed by atoms with Crippen LogP contribution in [0.2, 0.25) is 0 Å². The number of hydrogen-bond acceptors (Lipinski definition) is 4. The van der Waals surface area contributed by atoms with Gasteiger partial charge in [-0.1, -0.05) is 31.2 Å². The first-order valence-electron chi connectivity index (χ1n) is 7.37. The Labute approximate surface area is 127 Å². The molecule has 1 saturated heterocycles. The number of benzene rings is 1. The Morgan fingerprint density at radius 1 is 1.29 bits per heavy atom. The van der Waals surface area contributed by atoms with Gasteiger partial charge in [-0.3, -0.25) is 0 Å². The number of nitrogens with one attached hydrogen (secondary N) is 1. The fraction of sp³-hybridized carbons (Fsp3) is 0.600. The van der Waals surface area contributed by atoms with Gasteiger partial charge in [0.2, 0.25) is 10.0 Å². The molecule has 6 heteroatoms. The minimum atomic E-state index is -3.27. The van der Waals surface area contributed by atoms with Gasteiger partial charge in [0.05, 0.1) is 18.5 Å². The van der Waals surface area contributed by atoms with Crippen molar-refractivity contribution in [2.45, 2.75) is 31.7 Å². The fourth-order valence-corrected chi connectivity index (χ4v) is 3.99. The van der Waals surface area contributed by atoms with Gasteiger partial charge in [-0.05, 0) is 24.6 Å². The molecule has 0 saturated carbocycles.